The van der Waals surface area contributed by atoms with Crippen LogP contribution in [0, 0.1) is 0 Å². The number of ether oxygens (including phenoxy) is 1. The molecule has 3 atom stereocenters. The summed E-state index contributed by atoms with van der Waals surface area (Å²) in [5.41, 5.74) is 0.982. The molecule has 106 valence electrons. The minimum Gasteiger partial charge on any atom is -0.395 e. The summed E-state index contributed by atoms with van der Waals surface area (Å²) in [4.78, 5) is 2.43. The molecule has 0 saturated carbocycles. The molecular weight excluding hydrogens is 238 g/mol. The molecule has 1 aliphatic heterocycles. The molecule has 1 aromatic carbocycles. The quantitative estimate of drug-likeness (QED) is 0.902. The lowest BCUT2D eigenvalue weighted by Crippen LogP contribution is -2.52. The predicted octanol–water partition coefficient (Wildman–Crippen LogP) is 2.05. The average molecular weight is 263 g/mol. The van der Waals surface area contributed by atoms with Crippen molar-refractivity contribution in [2.24, 2.45) is 0 Å². The highest BCUT2D eigenvalue weighted by atomic mass is 16.5. The second-order valence-electron chi connectivity index (χ2n) is 6.01. The fourth-order valence-corrected chi connectivity index (χ4v) is 2.71. The van der Waals surface area contributed by atoms with Crippen LogP contribution in [0.15, 0.2) is 30.3 Å². The lowest BCUT2D eigenvalue weighted by molar-refractivity contribution is -0.0585. The van der Waals surface area contributed by atoms with Crippen LogP contribution in [0.4, 0.5) is 0 Å². The lowest BCUT2D eigenvalue weighted by atomic mass is 9.82. The second kappa shape index (κ2) is 6.04. The van der Waals surface area contributed by atoms with Crippen LogP contribution in [0.3, 0.4) is 0 Å². The molecule has 0 amide bonds. The van der Waals surface area contributed by atoms with Crippen LogP contribution < -0.4 is 0 Å². The molecule has 1 N–H and O–H groups in total. The van der Waals surface area contributed by atoms with Crippen LogP contribution in [-0.2, 0) is 10.2 Å². The van der Waals surface area contributed by atoms with Crippen LogP contribution in [-0.4, -0.2) is 48.5 Å². The van der Waals surface area contributed by atoms with Crippen molar-refractivity contribution in [3.63, 3.8) is 0 Å². The first-order chi connectivity index (χ1) is 9.05. The first-order valence-corrected chi connectivity index (χ1v) is 7.07. The van der Waals surface area contributed by atoms with E-state index in [9.17, 15) is 5.11 Å². The molecule has 2 rings (SSSR count). The molecule has 3 heteroatoms. The maximum absolute atomic E-state index is 9.86. The largest absolute Gasteiger partial charge is 0.395 e. The second-order valence-corrected chi connectivity index (χ2v) is 6.01. The molecule has 1 heterocycles. The van der Waals surface area contributed by atoms with E-state index in [1.165, 1.54) is 5.56 Å². The van der Waals surface area contributed by atoms with Crippen molar-refractivity contribution >= 4 is 0 Å². The fourth-order valence-electron chi connectivity index (χ4n) is 2.71. The summed E-state index contributed by atoms with van der Waals surface area (Å²) in [6.07, 6.45) is 0.273. The molecule has 1 fully saturated rings. The van der Waals surface area contributed by atoms with Crippen LogP contribution in [0.2, 0.25) is 0 Å². The molecule has 0 aromatic heterocycles. The topological polar surface area (TPSA) is 32.7 Å². The molecule has 1 aromatic rings. The van der Waals surface area contributed by atoms with Crippen LogP contribution >= 0.6 is 0 Å². The molecule has 3 nitrogen and oxygen atoms in total. The summed E-state index contributed by atoms with van der Waals surface area (Å²) in [6.45, 7) is 9.17. The summed E-state index contributed by atoms with van der Waals surface area (Å²) < 4.78 is 5.67. The van der Waals surface area contributed by atoms with E-state index < -0.39 is 0 Å². The van der Waals surface area contributed by atoms with Crippen molar-refractivity contribution in [2.45, 2.75) is 38.3 Å². The summed E-state index contributed by atoms with van der Waals surface area (Å²) >= 11 is 0. The Balaban J connectivity index is 2.14. The van der Waals surface area contributed by atoms with Crippen molar-refractivity contribution < 1.29 is 9.84 Å². The first-order valence-electron chi connectivity index (χ1n) is 7.07. The number of morpholine rings is 1. The number of aliphatic hydroxyl groups excluding tert-OH is 1. The third-order valence-electron chi connectivity index (χ3n) is 4.11. The third-order valence-corrected chi connectivity index (χ3v) is 4.11. The molecule has 0 radical (unpaired) electrons. The Morgan fingerprint density at radius 3 is 2.63 bits per heavy atom. The number of aliphatic hydroxyl groups is 1. The van der Waals surface area contributed by atoms with Crippen molar-refractivity contribution in [1.82, 2.24) is 4.90 Å². The standard InChI is InChI=1S/C16H25NO2/c1-13-10-19-14(2)9-17(13)11-16(3,12-18)15-7-5-4-6-8-15/h4-8,13-14,18H,9-12H2,1-3H3. The summed E-state index contributed by atoms with van der Waals surface area (Å²) in [5, 5.41) is 9.86. The number of hydrogen-bond donors (Lipinski definition) is 1. The normalized spacial score (nSPS) is 28.0. The smallest absolute Gasteiger partial charge is 0.0674 e. The number of hydrogen-bond acceptors (Lipinski definition) is 3. The van der Waals surface area contributed by atoms with E-state index in [1.807, 2.05) is 18.2 Å². The van der Waals surface area contributed by atoms with E-state index in [1.54, 1.807) is 0 Å². The zero-order chi connectivity index (χ0) is 13.9. The van der Waals surface area contributed by atoms with Crippen molar-refractivity contribution in [3.8, 4) is 0 Å². The van der Waals surface area contributed by atoms with Gasteiger partial charge in [-0.25, -0.2) is 0 Å². The van der Waals surface area contributed by atoms with E-state index >= 15 is 0 Å². The molecule has 19 heavy (non-hydrogen) atoms. The Kier molecular flexibility index (Phi) is 4.61. The average Bonchev–Trinajstić information content (AvgIpc) is 2.44. The summed E-state index contributed by atoms with van der Waals surface area (Å²) in [5.74, 6) is 0. The summed E-state index contributed by atoms with van der Waals surface area (Å²) in [7, 11) is 0. The highest BCUT2D eigenvalue weighted by molar-refractivity contribution is 5.25. The molecule has 0 spiro atoms. The fraction of sp³-hybridized carbons (Fsp3) is 0.625. The van der Waals surface area contributed by atoms with Crippen molar-refractivity contribution in [3.05, 3.63) is 35.9 Å². The molecule has 3 unspecified atom stereocenters. The van der Waals surface area contributed by atoms with Gasteiger partial charge in [0.25, 0.3) is 0 Å². The van der Waals surface area contributed by atoms with Gasteiger partial charge in [-0.15, -0.1) is 0 Å². The van der Waals surface area contributed by atoms with Gasteiger partial charge >= 0.3 is 0 Å². The van der Waals surface area contributed by atoms with Gasteiger partial charge in [0.1, 0.15) is 0 Å². The zero-order valence-electron chi connectivity index (χ0n) is 12.2. The highest BCUT2D eigenvalue weighted by Crippen LogP contribution is 2.26. The van der Waals surface area contributed by atoms with Gasteiger partial charge in [0.05, 0.1) is 19.3 Å². The van der Waals surface area contributed by atoms with Crippen LogP contribution in [0.1, 0.15) is 26.3 Å². The minimum atomic E-state index is -0.216. The van der Waals surface area contributed by atoms with Gasteiger partial charge in [-0.1, -0.05) is 37.3 Å². The van der Waals surface area contributed by atoms with E-state index in [2.05, 4.69) is 37.8 Å². The van der Waals surface area contributed by atoms with Gasteiger partial charge in [0.15, 0.2) is 0 Å². The van der Waals surface area contributed by atoms with Gasteiger partial charge in [-0.3, -0.25) is 4.90 Å². The zero-order valence-corrected chi connectivity index (χ0v) is 12.2. The maximum atomic E-state index is 9.86. The Hall–Kier alpha value is -0.900. The summed E-state index contributed by atoms with van der Waals surface area (Å²) in [6, 6.07) is 10.7. The van der Waals surface area contributed by atoms with Gasteiger partial charge < -0.3 is 9.84 Å². The van der Waals surface area contributed by atoms with Gasteiger partial charge in [-0.2, -0.15) is 0 Å². The SMILES string of the molecule is CC1CN(CC(C)(CO)c2ccccc2)C(C)CO1. The number of nitrogens with zero attached hydrogens (tertiary/aromatic N) is 1. The Labute approximate surface area is 116 Å². The van der Waals surface area contributed by atoms with Gasteiger partial charge in [0.2, 0.25) is 0 Å². The maximum Gasteiger partial charge on any atom is 0.0674 e. The van der Waals surface area contributed by atoms with Gasteiger partial charge in [-0.05, 0) is 19.4 Å². The lowest BCUT2D eigenvalue weighted by Gasteiger charge is -2.42. The van der Waals surface area contributed by atoms with Crippen LogP contribution in [0.5, 0.6) is 0 Å². The number of benzene rings is 1. The Morgan fingerprint density at radius 1 is 1.32 bits per heavy atom. The first kappa shape index (κ1) is 14.5. The van der Waals surface area contributed by atoms with E-state index in [-0.39, 0.29) is 18.1 Å². The Morgan fingerprint density at radius 2 is 2.00 bits per heavy atom. The van der Waals surface area contributed by atoms with E-state index in [0.29, 0.717) is 6.04 Å². The predicted molar refractivity (Wildman–Crippen MR) is 77.3 cm³/mol. The molecule has 0 aliphatic carbocycles. The minimum absolute atomic E-state index is 0.162. The highest BCUT2D eigenvalue weighted by Gasteiger charge is 2.33. The molecule has 0 bridgehead atoms. The van der Waals surface area contributed by atoms with Gasteiger partial charge in [0, 0.05) is 24.5 Å². The third kappa shape index (κ3) is 3.35. The molecular formula is C16H25NO2. The van der Waals surface area contributed by atoms with E-state index in [4.69, 9.17) is 4.74 Å². The van der Waals surface area contributed by atoms with Crippen LogP contribution in [0.25, 0.3) is 0 Å². The Bertz CT molecular complexity index is 395. The monoisotopic (exact) mass is 263 g/mol. The van der Waals surface area contributed by atoms with Crippen molar-refractivity contribution in [1.29, 1.82) is 0 Å². The number of rotatable bonds is 4. The van der Waals surface area contributed by atoms with E-state index in [0.717, 1.165) is 19.7 Å². The molecule has 1 aliphatic rings. The molecule has 1 saturated heterocycles. The van der Waals surface area contributed by atoms with Crippen molar-refractivity contribution in [2.75, 3.05) is 26.3 Å².